The van der Waals surface area contributed by atoms with Crippen LogP contribution in [0, 0.1) is 5.92 Å². The lowest BCUT2D eigenvalue weighted by molar-refractivity contribution is -0.160. The normalized spacial score (nSPS) is 29.7. The molecular weight excluding hydrogens is 264 g/mol. The third kappa shape index (κ3) is 3.09. The second kappa shape index (κ2) is 6.37. The van der Waals surface area contributed by atoms with Crippen molar-refractivity contribution in [3.8, 4) is 0 Å². The van der Waals surface area contributed by atoms with Gasteiger partial charge >= 0.3 is 0 Å². The average Bonchev–Trinajstić information content (AvgIpc) is 2.42. The number of piperazine rings is 1. The van der Waals surface area contributed by atoms with Gasteiger partial charge in [-0.2, -0.15) is 0 Å². The SMILES string of the molecule is CCCC1NC(=O)C(C(C)C)N(C2(C)CCCCC2)C1=O. The minimum Gasteiger partial charge on any atom is -0.342 e. The molecule has 0 aromatic heterocycles. The van der Waals surface area contributed by atoms with Crippen molar-refractivity contribution in [2.24, 2.45) is 5.92 Å². The standard InChI is InChI=1S/C17H30N2O2/c1-5-9-13-16(21)19(14(12(2)3)15(20)18-13)17(4)10-7-6-8-11-17/h12-14H,5-11H2,1-4H3,(H,18,20). The fourth-order valence-electron chi connectivity index (χ4n) is 3.98. The molecule has 4 nitrogen and oxygen atoms in total. The molecule has 2 fully saturated rings. The van der Waals surface area contributed by atoms with E-state index in [0.29, 0.717) is 0 Å². The molecule has 1 aliphatic carbocycles. The van der Waals surface area contributed by atoms with Crippen molar-refractivity contribution in [3.63, 3.8) is 0 Å². The Morgan fingerprint density at radius 3 is 2.38 bits per heavy atom. The van der Waals surface area contributed by atoms with Crippen LogP contribution in [0.15, 0.2) is 0 Å². The summed E-state index contributed by atoms with van der Waals surface area (Å²) in [6.45, 7) is 8.31. The van der Waals surface area contributed by atoms with E-state index in [2.05, 4.69) is 19.2 Å². The molecule has 1 saturated heterocycles. The first-order valence-corrected chi connectivity index (χ1v) is 8.54. The summed E-state index contributed by atoms with van der Waals surface area (Å²) in [6, 6.07) is -0.634. The maximum absolute atomic E-state index is 13.0. The van der Waals surface area contributed by atoms with Crippen LogP contribution < -0.4 is 5.32 Å². The number of carbonyl (C=O) groups excluding carboxylic acids is 2. The van der Waals surface area contributed by atoms with Crippen molar-refractivity contribution in [2.75, 3.05) is 0 Å². The van der Waals surface area contributed by atoms with Crippen LogP contribution in [0.2, 0.25) is 0 Å². The Kier molecular flexibility index (Phi) is 4.95. The molecule has 0 spiro atoms. The van der Waals surface area contributed by atoms with Crippen molar-refractivity contribution >= 4 is 11.8 Å². The summed E-state index contributed by atoms with van der Waals surface area (Å²) in [4.78, 5) is 27.5. The van der Waals surface area contributed by atoms with E-state index in [-0.39, 0.29) is 35.4 Å². The van der Waals surface area contributed by atoms with Crippen LogP contribution in [0.5, 0.6) is 0 Å². The highest BCUT2D eigenvalue weighted by atomic mass is 16.2. The zero-order valence-electron chi connectivity index (χ0n) is 13.9. The van der Waals surface area contributed by atoms with E-state index < -0.39 is 0 Å². The highest BCUT2D eigenvalue weighted by molar-refractivity contribution is 5.97. The first kappa shape index (κ1) is 16.3. The molecule has 120 valence electrons. The van der Waals surface area contributed by atoms with E-state index in [1.807, 2.05) is 18.7 Å². The lowest BCUT2D eigenvalue weighted by atomic mass is 9.78. The van der Waals surface area contributed by atoms with Crippen molar-refractivity contribution < 1.29 is 9.59 Å². The van der Waals surface area contributed by atoms with Gasteiger partial charge in [0, 0.05) is 5.54 Å². The third-order valence-corrected chi connectivity index (χ3v) is 5.12. The van der Waals surface area contributed by atoms with Gasteiger partial charge in [-0.25, -0.2) is 0 Å². The molecular formula is C17H30N2O2. The maximum atomic E-state index is 13.0. The molecule has 2 amide bonds. The summed E-state index contributed by atoms with van der Waals surface area (Å²) in [5.74, 6) is 0.324. The van der Waals surface area contributed by atoms with Gasteiger partial charge in [0.1, 0.15) is 12.1 Å². The van der Waals surface area contributed by atoms with Crippen LogP contribution in [-0.4, -0.2) is 34.3 Å². The number of hydrogen-bond donors (Lipinski definition) is 1. The van der Waals surface area contributed by atoms with Crippen LogP contribution in [0.3, 0.4) is 0 Å². The summed E-state index contributed by atoms with van der Waals surface area (Å²) in [7, 11) is 0. The van der Waals surface area contributed by atoms with Crippen LogP contribution in [0.25, 0.3) is 0 Å². The van der Waals surface area contributed by atoms with Crippen molar-refractivity contribution in [3.05, 3.63) is 0 Å². The maximum Gasteiger partial charge on any atom is 0.246 e. The second-order valence-corrected chi connectivity index (χ2v) is 7.30. The van der Waals surface area contributed by atoms with Crippen LogP contribution in [0.4, 0.5) is 0 Å². The molecule has 0 aromatic carbocycles. The molecule has 2 rings (SSSR count). The topological polar surface area (TPSA) is 49.4 Å². The predicted octanol–water partition coefficient (Wildman–Crippen LogP) is 2.86. The van der Waals surface area contributed by atoms with Crippen LogP contribution >= 0.6 is 0 Å². The monoisotopic (exact) mass is 294 g/mol. The number of nitrogens with one attached hydrogen (secondary N) is 1. The second-order valence-electron chi connectivity index (χ2n) is 7.30. The molecule has 1 saturated carbocycles. The van der Waals surface area contributed by atoms with Crippen molar-refractivity contribution in [1.29, 1.82) is 0 Å². The number of amides is 2. The molecule has 1 N–H and O–H groups in total. The Balaban J connectivity index is 2.33. The fraction of sp³-hybridized carbons (Fsp3) is 0.882. The lowest BCUT2D eigenvalue weighted by Gasteiger charge is -2.52. The number of carbonyl (C=O) groups is 2. The van der Waals surface area contributed by atoms with E-state index >= 15 is 0 Å². The number of rotatable bonds is 4. The molecule has 2 unspecified atom stereocenters. The molecule has 2 atom stereocenters. The minimum absolute atomic E-state index is 0.0369. The minimum atomic E-state index is -0.323. The van der Waals surface area contributed by atoms with Crippen LogP contribution in [-0.2, 0) is 9.59 Å². The zero-order chi connectivity index (χ0) is 15.6. The quantitative estimate of drug-likeness (QED) is 0.866. The number of hydrogen-bond acceptors (Lipinski definition) is 2. The predicted molar refractivity (Wildman–Crippen MR) is 83.8 cm³/mol. The molecule has 0 bridgehead atoms. The summed E-state index contributed by atoms with van der Waals surface area (Å²) in [5.41, 5.74) is -0.145. The van der Waals surface area contributed by atoms with Gasteiger partial charge in [0.25, 0.3) is 0 Å². The third-order valence-electron chi connectivity index (χ3n) is 5.12. The fourth-order valence-corrected chi connectivity index (χ4v) is 3.98. The molecule has 0 aromatic rings. The first-order valence-electron chi connectivity index (χ1n) is 8.54. The summed E-state index contributed by atoms with van der Waals surface area (Å²) in [6.07, 6.45) is 7.25. The van der Waals surface area contributed by atoms with E-state index in [0.717, 1.165) is 38.5 Å². The van der Waals surface area contributed by atoms with Gasteiger partial charge in [-0.05, 0) is 32.1 Å². The lowest BCUT2D eigenvalue weighted by Crippen LogP contribution is -2.70. The smallest absolute Gasteiger partial charge is 0.246 e. The van der Waals surface area contributed by atoms with Gasteiger partial charge in [-0.3, -0.25) is 9.59 Å². The molecule has 1 heterocycles. The van der Waals surface area contributed by atoms with Crippen LogP contribution in [0.1, 0.15) is 72.6 Å². The van der Waals surface area contributed by atoms with E-state index in [4.69, 9.17) is 0 Å². The molecule has 21 heavy (non-hydrogen) atoms. The molecule has 0 radical (unpaired) electrons. The zero-order valence-corrected chi connectivity index (χ0v) is 13.9. The largest absolute Gasteiger partial charge is 0.342 e. The highest BCUT2D eigenvalue weighted by Gasteiger charge is 2.49. The van der Waals surface area contributed by atoms with E-state index in [9.17, 15) is 9.59 Å². The summed E-state index contributed by atoms with van der Waals surface area (Å²) >= 11 is 0. The Bertz CT molecular complexity index is 400. The average molecular weight is 294 g/mol. The van der Waals surface area contributed by atoms with Gasteiger partial charge in [-0.1, -0.05) is 46.5 Å². The van der Waals surface area contributed by atoms with Crippen molar-refractivity contribution in [2.45, 2.75) is 90.3 Å². The van der Waals surface area contributed by atoms with Gasteiger partial charge in [0.05, 0.1) is 0 Å². The Labute approximate surface area is 128 Å². The first-order chi connectivity index (χ1) is 9.90. The number of nitrogens with zero attached hydrogens (tertiary/aromatic N) is 1. The molecule has 4 heteroatoms. The van der Waals surface area contributed by atoms with Crippen molar-refractivity contribution in [1.82, 2.24) is 10.2 Å². The summed E-state index contributed by atoms with van der Waals surface area (Å²) < 4.78 is 0. The Morgan fingerprint density at radius 1 is 1.24 bits per heavy atom. The summed E-state index contributed by atoms with van der Waals surface area (Å²) in [5, 5.41) is 2.95. The highest BCUT2D eigenvalue weighted by Crippen LogP contribution is 2.38. The Hall–Kier alpha value is -1.06. The van der Waals surface area contributed by atoms with Gasteiger partial charge in [0.15, 0.2) is 0 Å². The van der Waals surface area contributed by atoms with Gasteiger partial charge in [-0.15, -0.1) is 0 Å². The molecule has 2 aliphatic rings. The van der Waals surface area contributed by atoms with Gasteiger partial charge < -0.3 is 10.2 Å². The van der Waals surface area contributed by atoms with E-state index in [1.54, 1.807) is 0 Å². The van der Waals surface area contributed by atoms with E-state index in [1.165, 1.54) is 6.42 Å². The Morgan fingerprint density at radius 2 is 1.86 bits per heavy atom. The molecule has 1 aliphatic heterocycles. The van der Waals surface area contributed by atoms with Gasteiger partial charge in [0.2, 0.25) is 11.8 Å².